The van der Waals surface area contributed by atoms with Gasteiger partial charge in [0.25, 0.3) is 0 Å². The highest BCUT2D eigenvalue weighted by Crippen LogP contribution is 2.17. The number of hydrogen-bond acceptors (Lipinski definition) is 4. The molecule has 2 saturated heterocycles. The summed E-state index contributed by atoms with van der Waals surface area (Å²) in [5, 5.41) is 12.7. The molecule has 2 N–H and O–H groups in total. The van der Waals surface area contributed by atoms with E-state index < -0.39 is 6.29 Å². The molecule has 0 bridgehead atoms. The smallest absolute Gasteiger partial charge is 0.170 e. The number of hydrogen-bond donors (Lipinski definition) is 2. The summed E-state index contributed by atoms with van der Waals surface area (Å²) in [7, 11) is 0. The third-order valence-electron chi connectivity index (χ3n) is 2.65. The summed E-state index contributed by atoms with van der Waals surface area (Å²) in [5.74, 6) is 0. The Morgan fingerprint density at radius 1 is 1.33 bits per heavy atom. The van der Waals surface area contributed by atoms with E-state index in [-0.39, 0.29) is 6.04 Å². The first-order valence-corrected chi connectivity index (χ1v) is 4.62. The standard InChI is InChI=1S/C8H16N2O2/c11-8-7(1-6-12-8)10-4-2-9-3-5-10/h7-9,11H,1-6H2. The van der Waals surface area contributed by atoms with Crippen molar-refractivity contribution in [3.8, 4) is 0 Å². The van der Waals surface area contributed by atoms with Gasteiger partial charge in [-0.25, -0.2) is 0 Å². The monoisotopic (exact) mass is 172 g/mol. The maximum atomic E-state index is 9.46. The average molecular weight is 172 g/mol. The normalized spacial score (nSPS) is 38.8. The summed E-state index contributed by atoms with van der Waals surface area (Å²) < 4.78 is 5.11. The van der Waals surface area contributed by atoms with E-state index in [2.05, 4.69) is 10.2 Å². The first-order valence-electron chi connectivity index (χ1n) is 4.62. The van der Waals surface area contributed by atoms with Crippen LogP contribution in [0.5, 0.6) is 0 Å². The van der Waals surface area contributed by atoms with E-state index in [1.807, 2.05) is 0 Å². The Morgan fingerprint density at radius 2 is 2.08 bits per heavy atom. The van der Waals surface area contributed by atoms with E-state index in [4.69, 9.17) is 4.74 Å². The summed E-state index contributed by atoms with van der Waals surface area (Å²) >= 11 is 0. The fourth-order valence-electron chi connectivity index (χ4n) is 1.94. The van der Waals surface area contributed by atoms with Crippen molar-refractivity contribution >= 4 is 0 Å². The van der Waals surface area contributed by atoms with E-state index in [9.17, 15) is 5.11 Å². The van der Waals surface area contributed by atoms with Gasteiger partial charge in [-0.05, 0) is 6.42 Å². The fraction of sp³-hybridized carbons (Fsp3) is 1.00. The maximum Gasteiger partial charge on any atom is 0.170 e. The molecule has 70 valence electrons. The molecule has 2 heterocycles. The van der Waals surface area contributed by atoms with Gasteiger partial charge in [-0.3, -0.25) is 4.90 Å². The SMILES string of the molecule is OC1OCCC1N1CCNCC1. The third-order valence-corrected chi connectivity index (χ3v) is 2.65. The molecule has 2 rings (SSSR count). The highest BCUT2D eigenvalue weighted by Gasteiger charge is 2.31. The zero-order valence-corrected chi connectivity index (χ0v) is 7.20. The maximum absolute atomic E-state index is 9.46. The van der Waals surface area contributed by atoms with Gasteiger partial charge in [-0.15, -0.1) is 0 Å². The Kier molecular flexibility index (Phi) is 2.60. The van der Waals surface area contributed by atoms with Crippen LogP contribution in [0.15, 0.2) is 0 Å². The first-order chi connectivity index (χ1) is 5.88. The molecule has 12 heavy (non-hydrogen) atoms. The van der Waals surface area contributed by atoms with Crippen molar-refractivity contribution in [3.63, 3.8) is 0 Å². The van der Waals surface area contributed by atoms with Crippen molar-refractivity contribution in [3.05, 3.63) is 0 Å². The van der Waals surface area contributed by atoms with E-state index in [1.165, 1.54) is 0 Å². The van der Waals surface area contributed by atoms with E-state index >= 15 is 0 Å². The fourth-order valence-corrected chi connectivity index (χ4v) is 1.94. The van der Waals surface area contributed by atoms with Crippen molar-refractivity contribution in [2.75, 3.05) is 32.8 Å². The molecule has 0 radical (unpaired) electrons. The Morgan fingerprint density at radius 3 is 2.67 bits per heavy atom. The van der Waals surface area contributed by atoms with Crippen LogP contribution < -0.4 is 5.32 Å². The molecule has 0 spiro atoms. The molecule has 2 aliphatic heterocycles. The van der Waals surface area contributed by atoms with Gasteiger partial charge in [0.2, 0.25) is 0 Å². The summed E-state index contributed by atoms with van der Waals surface area (Å²) in [5.41, 5.74) is 0. The number of aliphatic hydroxyl groups is 1. The first kappa shape index (κ1) is 8.44. The van der Waals surface area contributed by atoms with Crippen LogP contribution >= 0.6 is 0 Å². The van der Waals surface area contributed by atoms with Gasteiger partial charge in [0.1, 0.15) is 0 Å². The molecular formula is C8H16N2O2. The summed E-state index contributed by atoms with van der Waals surface area (Å²) in [4.78, 5) is 2.31. The Bertz CT molecular complexity index is 148. The van der Waals surface area contributed by atoms with Crippen molar-refractivity contribution in [2.24, 2.45) is 0 Å². The molecule has 0 aromatic heterocycles. The van der Waals surface area contributed by atoms with Gasteiger partial charge in [0, 0.05) is 26.2 Å². The van der Waals surface area contributed by atoms with Crippen LogP contribution in [0.1, 0.15) is 6.42 Å². The second kappa shape index (κ2) is 3.70. The largest absolute Gasteiger partial charge is 0.367 e. The molecule has 0 amide bonds. The van der Waals surface area contributed by atoms with Gasteiger partial charge in [0.05, 0.1) is 12.6 Å². The molecule has 2 atom stereocenters. The van der Waals surface area contributed by atoms with Crippen LogP contribution in [0.3, 0.4) is 0 Å². The lowest BCUT2D eigenvalue weighted by molar-refractivity contribution is -0.0944. The molecule has 0 aromatic rings. The Hall–Kier alpha value is -0.160. The van der Waals surface area contributed by atoms with E-state index in [0.717, 1.165) is 32.6 Å². The zero-order chi connectivity index (χ0) is 8.39. The summed E-state index contributed by atoms with van der Waals surface area (Å²) in [6.45, 7) is 4.83. The quantitative estimate of drug-likeness (QED) is 0.532. The number of piperazine rings is 1. The average Bonchev–Trinajstić information content (AvgIpc) is 2.53. The molecule has 0 aromatic carbocycles. The zero-order valence-electron chi connectivity index (χ0n) is 7.20. The minimum atomic E-state index is -0.553. The Labute approximate surface area is 72.5 Å². The summed E-state index contributed by atoms with van der Waals surface area (Å²) in [6.07, 6.45) is 0.421. The number of rotatable bonds is 1. The molecule has 4 heteroatoms. The highest BCUT2D eigenvalue weighted by atomic mass is 16.6. The Balaban J connectivity index is 1.89. The third kappa shape index (κ3) is 1.61. The van der Waals surface area contributed by atoms with Crippen LogP contribution in [0, 0.1) is 0 Å². The number of nitrogens with zero attached hydrogens (tertiary/aromatic N) is 1. The van der Waals surface area contributed by atoms with Crippen molar-refractivity contribution in [2.45, 2.75) is 18.8 Å². The number of aliphatic hydroxyl groups excluding tert-OH is 1. The minimum absolute atomic E-state index is 0.243. The number of nitrogens with one attached hydrogen (secondary N) is 1. The van der Waals surface area contributed by atoms with E-state index in [1.54, 1.807) is 0 Å². The van der Waals surface area contributed by atoms with Crippen molar-refractivity contribution in [1.29, 1.82) is 0 Å². The molecule has 0 saturated carbocycles. The lowest BCUT2D eigenvalue weighted by Crippen LogP contribution is -2.50. The molecule has 2 unspecified atom stereocenters. The number of ether oxygens (including phenoxy) is 1. The minimum Gasteiger partial charge on any atom is -0.367 e. The van der Waals surface area contributed by atoms with Crippen LogP contribution in [-0.4, -0.2) is 55.1 Å². The van der Waals surface area contributed by atoms with Gasteiger partial charge >= 0.3 is 0 Å². The highest BCUT2D eigenvalue weighted by molar-refractivity contribution is 4.81. The van der Waals surface area contributed by atoms with Crippen molar-refractivity contribution in [1.82, 2.24) is 10.2 Å². The predicted octanol–water partition coefficient (Wildman–Crippen LogP) is -1.00. The van der Waals surface area contributed by atoms with Crippen LogP contribution in [0.4, 0.5) is 0 Å². The molecule has 0 aliphatic carbocycles. The molecular weight excluding hydrogens is 156 g/mol. The molecule has 2 fully saturated rings. The van der Waals surface area contributed by atoms with Crippen LogP contribution in [0.25, 0.3) is 0 Å². The van der Waals surface area contributed by atoms with Gasteiger partial charge in [0.15, 0.2) is 6.29 Å². The van der Waals surface area contributed by atoms with Crippen LogP contribution in [0.2, 0.25) is 0 Å². The van der Waals surface area contributed by atoms with Gasteiger partial charge in [-0.1, -0.05) is 0 Å². The summed E-state index contributed by atoms with van der Waals surface area (Å²) in [6, 6.07) is 0.243. The van der Waals surface area contributed by atoms with E-state index in [0.29, 0.717) is 6.61 Å². The van der Waals surface area contributed by atoms with Gasteiger partial charge < -0.3 is 15.2 Å². The molecule has 2 aliphatic rings. The molecule has 4 nitrogen and oxygen atoms in total. The van der Waals surface area contributed by atoms with Crippen LogP contribution in [-0.2, 0) is 4.74 Å². The lowest BCUT2D eigenvalue weighted by Gasteiger charge is -2.33. The van der Waals surface area contributed by atoms with Crippen molar-refractivity contribution < 1.29 is 9.84 Å². The predicted molar refractivity (Wildman–Crippen MR) is 44.8 cm³/mol. The second-order valence-corrected chi connectivity index (χ2v) is 3.40. The van der Waals surface area contributed by atoms with Gasteiger partial charge in [-0.2, -0.15) is 0 Å². The topological polar surface area (TPSA) is 44.7 Å². The lowest BCUT2D eigenvalue weighted by atomic mass is 10.2. The second-order valence-electron chi connectivity index (χ2n) is 3.40.